The van der Waals surface area contributed by atoms with Crippen molar-refractivity contribution in [3.05, 3.63) is 40.3 Å². The van der Waals surface area contributed by atoms with Crippen LogP contribution in [0.5, 0.6) is 11.5 Å². The molecule has 0 bridgehead atoms. The first-order valence-electron chi connectivity index (χ1n) is 5.63. The van der Waals surface area contributed by atoms with Crippen LogP contribution in [0.2, 0.25) is 0 Å². The fourth-order valence-corrected chi connectivity index (χ4v) is 2.14. The SMILES string of the molecule is COc1ccc(CNC(=O)c2nccs2)cc1OC. The molecule has 1 amide bonds. The van der Waals surface area contributed by atoms with Crippen LogP contribution in [-0.4, -0.2) is 25.1 Å². The zero-order valence-corrected chi connectivity index (χ0v) is 11.5. The highest BCUT2D eigenvalue weighted by molar-refractivity contribution is 7.11. The fraction of sp³-hybridized carbons (Fsp3) is 0.231. The van der Waals surface area contributed by atoms with E-state index in [2.05, 4.69) is 10.3 Å². The number of nitrogens with zero attached hydrogens (tertiary/aromatic N) is 1. The Hall–Kier alpha value is -2.08. The Morgan fingerprint density at radius 2 is 2.11 bits per heavy atom. The van der Waals surface area contributed by atoms with E-state index < -0.39 is 0 Å². The number of carbonyl (C=O) groups excluding carboxylic acids is 1. The number of amides is 1. The van der Waals surface area contributed by atoms with E-state index in [0.717, 1.165) is 5.56 Å². The van der Waals surface area contributed by atoms with Crippen LogP contribution in [0, 0.1) is 0 Å². The molecule has 2 aromatic rings. The molecule has 19 heavy (non-hydrogen) atoms. The summed E-state index contributed by atoms with van der Waals surface area (Å²) in [7, 11) is 3.16. The van der Waals surface area contributed by atoms with Crippen LogP contribution in [0.1, 0.15) is 15.4 Å². The van der Waals surface area contributed by atoms with Crippen LogP contribution < -0.4 is 14.8 Å². The third-order valence-corrected chi connectivity index (χ3v) is 3.30. The van der Waals surface area contributed by atoms with Crippen LogP contribution in [-0.2, 0) is 6.54 Å². The number of carbonyl (C=O) groups is 1. The van der Waals surface area contributed by atoms with Crippen LogP contribution >= 0.6 is 11.3 Å². The van der Waals surface area contributed by atoms with E-state index in [4.69, 9.17) is 9.47 Å². The van der Waals surface area contributed by atoms with Crippen LogP contribution in [0.4, 0.5) is 0 Å². The molecule has 0 saturated carbocycles. The molecule has 0 atom stereocenters. The average molecular weight is 278 g/mol. The van der Waals surface area contributed by atoms with Crippen molar-refractivity contribution in [1.82, 2.24) is 10.3 Å². The molecule has 0 fully saturated rings. The van der Waals surface area contributed by atoms with Crippen LogP contribution in [0.25, 0.3) is 0 Å². The van der Waals surface area contributed by atoms with Gasteiger partial charge in [-0.05, 0) is 17.7 Å². The van der Waals surface area contributed by atoms with Gasteiger partial charge in [-0.3, -0.25) is 4.79 Å². The number of rotatable bonds is 5. The zero-order chi connectivity index (χ0) is 13.7. The molecule has 0 spiro atoms. The molecule has 0 unspecified atom stereocenters. The second-order valence-electron chi connectivity index (χ2n) is 3.71. The summed E-state index contributed by atoms with van der Waals surface area (Å²) in [5.74, 6) is 1.13. The van der Waals surface area contributed by atoms with Gasteiger partial charge in [0, 0.05) is 18.1 Å². The van der Waals surface area contributed by atoms with Gasteiger partial charge in [-0.25, -0.2) is 4.98 Å². The quantitative estimate of drug-likeness (QED) is 0.909. The third-order valence-electron chi connectivity index (χ3n) is 2.53. The van der Waals surface area contributed by atoms with Gasteiger partial charge in [0.2, 0.25) is 0 Å². The third kappa shape index (κ3) is 3.23. The Kier molecular flexibility index (Phi) is 4.35. The Morgan fingerprint density at radius 1 is 1.32 bits per heavy atom. The summed E-state index contributed by atoms with van der Waals surface area (Å²) in [6, 6.07) is 5.52. The number of aromatic nitrogens is 1. The monoisotopic (exact) mass is 278 g/mol. The number of benzene rings is 1. The van der Waals surface area contributed by atoms with Gasteiger partial charge in [-0.2, -0.15) is 0 Å². The minimum Gasteiger partial charge on any atom is -0.493 e. The van der Waals surface area contributed by atoms with Crippen molar-refractivity contribution < 1.29 is 14.3 Å². The van der Waals surface area contributed by atoms with Gasteiger partial charge in [0.05, 0.1) is 14.2 Å². The van der Waals surface area contributed by atoms with E-state index in [0.29, 0.717) is 23.1 Å². The Morgan fingerprint density at radius 3 is 2.74 bits per heavy atom. The Balaban J connectivity index is 2.02. The van der Waals surface area contributed by atoms with E-state index in [-0.39, 0.29) is 5.91 Å². The zero-order valence-electron chi connectivity index (χ0n) is 10.7. The van der Waals surface area contributed by atoms with Crippen molar-refractivity contribution >= 4 is 17.2 Å². The van der Waals surface area contributed by atoms with E-state index in [1.165, 1.54) is 11.3 Å². The first-order valence-corrected chi connectivity index (χ1v) is 6.51. The first-order chi connectivity index (χ1) is 9.24. The van der Waals surface area contributed by atoms with E-state index in [9.17, 15) is 4.79 Å². The van der Waals surface area contributed by atoms with Gasteiger partial charge >= 0.3 is 0 Å². The normalized spacial score (nSPS) is 10.0. The van der Waals surface area contributed by atoms with Crippen molar-refractivity contribution in [1.29, 1.82) is 0 Å². The summed E-state index contributed by atoms with van der Waals surface area (Å²) in [4.78, 5) is 15.7. The van der Waals surface area contributed by atoms with Crippen molar-refractivity contribution in [2.45, 2.75) is 6.54 Å². The number of hydrogen-bond acceptors (Lipinski definition) is 5. The largest absolute Gasteiger partial charge is 0.493 e. The molecule has 1 heterocycles. The predicted molar refractivity (Wildman–Crippen MR) is 72.8 cm³/mol. The predicted octanol–water partition coefficient (Wildman–Crippen LogP) is 2.09. The van der Waals surface area contributed by atoms with Crippen molar-refractivity contribution in [2.24, 2.45) is 0 Å². The molecule has 0 saturated heterocycles. The van der Waals surface area contributed by atoms with Gasteiger partial charge in [0.1, 0.15) is 0 Å². The lowest BCUT2D eigenvalue weighted by Gasteiger charge is -2.09. The molecule has 100 valence electrons. The lowest BCUT2D eigenvalue weighted by molar-refractivity contribution is 0.0950. The standard InChI is InChI=1S/C13H14N2O3S/c1-17-10-4-3-9(7-11(10)18-2)8-15-12(16)13-14-5-6-19-13/h3-7H,8H2,1-2H3,(H,15,16). The average Bonchev–Trinajstić information content (AvgIpc) is 2.98. The molecule has 0 radical (unpaired) electrons. The molecule has 2 rings (SSSR count). The summed E-state index contributed by atoms with van der Waals surface area (Å²) in [5, 5.41) is 5.03. The maximum atomic E-state index is 11.7. The first kappa shape index (κ1) is 13.4. The van der Waals surface area contributed by atoms with E-state index in [1.54, 1.807) is 25.8 Å². The van der Waals surface area contributed by atoms with E-state index >= 15 is 0 Å². The maximum Gasteiger partial charge on any atom is 0.280 e. The number of nitrogens with one attached hydrogen (secondary N) is 1. The second kappa shape index (κ2) is 6.19. The lowest BCUT2D eigenvalue weighted by atomic mass is 10.2. The molecule has 1 aromatic heterocycles. The van der Waals surface area contributed by atoms with Crippen molar-refractivity contribution in [3.63, 3.8) is 0 Å². The highest BCUT2D eigenvalue weighted by atomic mass is 32.1. The van der Waals surface area contributed by atoms with E-state index in [1.807, 2.05) is 18.2 Å². The maximum absolute atomic E-state index is 11.7. The van der Waals surface area contributed by atoms with Gasteiger partial charge in [0.25, 0.3) is 5.91 Å². The number of ether oxygens (including phenoxy) is 2. The summed E-state index contributed by atoms with van der Waals surface area (Å²) in [5.41, 5.74) is 0.933. The summed E-state index contributed by atoms with van der Waals surface area (Å²) in [6.45, 7) is 0.415. The smallest absolute Gasteiger partial charge is 0.280 e. The molecular weight excluding hydrogens is 264 g/mol. The summed E-state index contributed by atoms with van der Waals surface area (Å²) >= 11 is 1.31. The number of thiazole rings is 1. The minimum atomic E-state index is -0.176. The second-order valence-corrected chi connectivity index (χ2v) is 4.60. The highest BCUT2D eigenvalue weighted by Crippen LogP contribution is 2.27. The topological polar surface area (TPSA) is 60.5 Å². The van der Waals surface area contributed by atoms with Gasteiger partial charge in [-0.15, -0.1) is 11.3 Å². The molecule has 5 nitrogen and oxygen atoms in total. The van der Waals surface area contributed by atoms with Crippen LogP contribution in [0.15, 0.2) is 29.8 Å². The molecular formula is C13H14N2O3S. The number of methoxy groups -OCH3 is 2. The molecule has 0 aliphatic carbocycles. The molecule has 6 heteroatoms. The van der Waals surface area contributed by atoms with Gasteiger partial charge < -0.3 is 14.8 Å². The lowest BCUT2D eigenvalue weighted by Crippen LogP contribution is -2.22. The molecule has 0 aliphatic rings. The highest BCUT2D eigenvalue weighted by Gasteiger charge is 2.09. The summed E-state index contributed by atoms with van der Waals surface area (Å²) < 4.78 is 10.4. The van der Waals surface area contributed by atoms with Crippen molar-refractivity contribution in [2.75, 3.05) is 14.2 Å². The molecule has 0 aliphatic heterocycles. The summed E-state index contributed by atoms with van der Waals surface area (Å²) in [6.07, 6.45) is 1.61. The van der Waals surface area contributed by atoms with Gasteiger partial charge in [-0.1, -0.05) is 6.07 Å². The van der Waals surface area contributed by atoms with Gasteiger partial charge in [0.15, 0.2) is 16.5 Å². The molecule has 1 aromatic carbocycles. The fourth-order valence-electron chi connectivity index (χ4n) is 1.58. The Bertz CT molecular complexity index is 555. The minimum absolute atomic E-state index is 0.176. The number of hydrogen-bond donors (Lipinski definition) is 1. The Labute approximate surface area is 115 Å². The van der Waals surface area contributed by atoms with Crippen LogP contribution in [0.3, 0.4) is 0 Å². The molecule has 1 N–H and O–H groups in total. The van der Waals surface area contributed by atoms with Crippen molar-refractivity contribution in [3.8, 4) is 11.5 Å².